The number of nitrogens with zero attached hydrogens (tertiary/aromatic N) is 2. The lowest BCUT2D eigenvalue weighted by molar-refractivity contribution is 0.112. The van der Waals surface area contributed by atoms with E-state index in [1.54, 1.807) is 29.5 Å². The number of aromatic nitrogens is 2. The van der Waals surface area contributed by atoms with Crippen molar-refractivity contribution in [1.29, 1.82) is 0 Å². The first-order chi connectivity index (χ1) is 10.2. The van der Waals surface area contributed by atoms with E-state index in [0.29, 0.717) is 22.9 Å². The minimum Gasteiger partial charge on any atom is -0.493 e. The largest absolute Gasteiger partial charge is 0.493 e. The van der Waals surface area contributed by atoms with Crippen LogP contribution < -0.4 is 9.47 Å². The fourth-order valence-electron chi connectivity index (χ4n) is 1.98. The molecule has 6 heteroatoms. The number of hydrogen-bond acceptors (Lipinski definition) is 6. The number of thiophene rings is 1. The van der Waals surface area contributed by atoms with Crippen LogP contribution in [0.2, 0.25) is 0 Å². The number of carbonyl (C=O) groups excluding carboxylic acids is 1. The first-order valence-corrected chi connectivity index (χ1v) is 7.05. The smallest absolute Gasteiger partial charge is 0.231 e. The van der Waals surface area contributed by atoms with Crippen LogP contribution in [0, 0.1) is 6.92 Å². The van der Waals surface area contributed by atoms with Gasteiger partial charge in [0.2, 0.25) is 5.88 Å². The van der Waals surface area contributed by atoms with Crippen molar-refractivity contribution >= 4 is 27.8 Å². The second-order valence-corrected chi connectivity index (χ2v) is 5.62. The van der Waals surface area contributed by atoms with E-state index in [0.717, 1.165) is 21.4 Å². The molecule has 0 bridgehead atoms. The third-order valence-electron chi connectivity index (χ3n) is 2.95. The molecule has 0 amide bonds. The van der Waals surface area contributed by atoms with Crippen molar-refractivity contribution in [3.8, 4) is 17.4 Å². The molecule has 0 fully saturated rings. The van der Waals surface area contributed by atoms with Gasteiger partial charge in [0.15, 0.2) is 11.5 Å². The van der Waals surface area contributed by atoms with Crippen molar-refractivity contribution in [2.24, 2.45) is 0 Å². The van der Waals surface area contributed by atoms with Crippen LogP contribution in [0.5, 0.6) is 17.4 Å². The highest BCUT2D eigenvalue weighted by molar-refractivity contribution is 7.18. The number of aldehydes is 1. The third kappa shape index (κ3) is 2.57. The van der Waals surface area contributed by atoms with Crippen LogP contribution in [0.15, 0.2) is 30.6 Å². The molecule has 0 saturated carbocycles. The maximum absolute atomic E-state index is 10.8. The molecule has 3 rings (SSSR count). The van der Waals surface area contributed by atoms with Gasteiger partial charge in [0.25, 0.3) is 0 Å². The van der Waals surface area contributed by atoms with Gasteiger partial charge < -0.3 is 9.47 Å². The number of rotatable bonds is 4. The van der Waals surface area contributed by atoms with Gasteiger partial charge in [0.05, 0.1) is 12.5 Å². The Morgan fingerprint density at radius 2 is 2.05 bits per heavy atom. The Morgan fingerprint density at radius 1 is 1.19 bits per heavy atom. The Kier molecular flexibility index (Phi) is 3.53. The molecule has 2 aromatic heterocycles. The van der Waals surface area contributed by atoms with Crippen LogP contribution in [0.1, 0.15) is 15.2 Å². The SMILES string of the molecule is COc1cc(C=O)ccc1Oc1ncnc2sc(C)cc12. The third-order valence-corrected chi connectivity index (χ3v) is 3.90. The Hall–Kier alpha value is -2.47. The zero-order valence-corrected chi connectivity index (χ0v) is 12.3. The predicted octanol–water partition coefficient (Wildman–Crippen LogP) is 3.61. The Morgan fingerprint density at radius 3 is 2.81 bits per heavy atom. The van der Waals surface area contributed by atoms with Crippen molar-refractivity contribution < 1.29 is 14.3 Å². The second kappa shape index (κ2) is 5.49. The normalized spacial score (nSPS) is 10.6. The van der Waals surface area contributed by atoms with Gasteiger partial charge in [-0.2, -0.15) is 0 Å². The number of methoxy groups -OCH3 is 1. The van der Waals surface area contributed by atoms with Gasteiger partial charge in [-0.05, 0) is 31.2 Å². The summed E-state index contributed by atoms with van der Waals surface area (Å²) in [6.45, 7) is 2.01. The van der Waals surface area contributed by atoms with Gasteiger partial charge in [-0.3, -0.25) is 4.79 Å². The number of fused-ring (bicyclic) bond motifs is 1. The molecule has 0 spiro atoms. The van der Waals surface area contributed by atoms with Crippen LogP contribution in [-0.4, -0.2) is 23.4 Å². The molecule has 0 aliphatic rings. The molecular formula is C15H12N2O3S. The lowest BCUT2D eigenvalue weighted by Gasteiger charge is -2.10. The van der Waals surface area contributed by atoms with E-state index in [9.17, 15) is 4.79 Å². The summed E-state index contributed by atoms with van der Waals surface area (Å²) in [6.07, 6.45) is 2.23. The molecule has 0 radical (unpaired) electrons. The summed E-state index contributed by atoms with van der Waals surface area (Å²) in [5.41, 5.74) is 0.526. The topological polar surface area (TPSA) is 61.3 Å². The Balaban J connectivity index is 2.04. The second-order valence-electron chi connectivity index (χ2n) is 4.38. The zero-order valence-electron chi connectivity index (χ0n) is 11.5. The van der Waals surface area contributed by atoms with Crippen LogP contribution in [0.4, 0.5) is 0 Å². The predicted molar refractivity (Wildman–Crippen MR) is 80.6 cm³/mol. The van der Waals surface area contributed by atoms with Gasteiger partial charge in [0.1, 0.15) is 17.4 Å². The van der Waals surface area contributed by atoms with Crippen molar-refractivity contribution in [1.82, 2.24) is 9.97 Å². The van der Waals surface area contributed by atoms with Gasteiger partial charge in [-0.25, -0.2) is 9.97 Å². The minimum atomic E-state index is 0.474. The van der Waals surface area contributed by atoms with Gasteiger partial charge in [-0.15, -0.1) is 11.3 Å². The summed E-state index contributed by atoms with van der Waals surface area (Å²) >= 11 is 1.58. The highest BCUT2D eigenvalue weighted by Gasteiger charge is 2.12. The average molecular weight is 300 g/mol. The fraction of sp³-hybridized carbons (Fsp3) is 0.133. The van der Waals surface area contributed by atoms with E-state index in [4.69, 9.17) is 9.47 Å². The summed E-state index contributed by atoms with van der Waals surface area (Å²) < 4.78 is 11.1. The summed E-state index contributed by atoms with van der Waals surface area (Å²) in [5, 5.41) is 0.863. The lowest BCUT2D eigenvalue weighted by atomic mass is 10.2. The molecule has 0 saturated heterocycles. The first-order valence-electron chi connectivity index (χ1n) is 6.23. The minimum absolute atomic E-state index is 0.474. The molecule has 1 aromatic carbocycles. The Labute approximate surface area is 125 Å². The first kappa shape index (κ1) is 13.5. The molecule has 106 valence electrons. The van der Waals surface area contributed by atoms with E-state index >= 15 is 0 Å². The summed E-state index contributed by atoms with van der Waals surface area (Å²) in [7, 11) is 1.53. The summed E-state index contributed by atoms with van der Waals surface area (Å²) in [5.74, 6) is 1.46. The van der Waals surface area contributed by atoms with E-state index < -0.39 is 0 Å². The molecule has 0 atom stereocenters. The molecule has 3 aromatic rings. The van der Waals surface area contributed by atoms with Crippen LogP contribution >= 0.6 is 11.3 Å². The van der Waals surface area contributed by atoms with Crippen molar-refractivity contribution in [2.75, 3.05) is 7.11 Å². The van der Waals surface area contributed by atoms with Crippen molar-refractivity contribution in [3.05, 3.63) is 41.0 Å². The van der Waals surface area contributed by atoms with E-state index in [1.165, 1.54) is 13.4 Å². The number of aryl methyl sites for hydroxylation is 1. The van der Waals surface area contributed by atoms with Crippen molar-refractivity contribution in [2.45, 2.75) is 6.92 Å². The highest BCUT2D eigenvalue weighted by Crippen LogP contribution is 2.35. The average Bonchev–Trinajstić information content (AvgIpc) is 2.89. The molecule has 0 unspecified atom stereocenters. The summed E-state index contributed by atoms with van der Waals surface area (Å²) in [6, 6.07) is 6.97. The van der Waals surface area contributed by atoms with E-state index in [1.807, 2.05) is 13.0 Å². The van der Waals surface area contributed by atoms with E-state index in [-0.39, 0.29) is 0 Å². The van der Waals surface area contributed by atoms with Crippen LogP contribution in [0.25, 0.3) is 10.2 Å². The lowest BCUT2D eigenvalue weighted by Crippen LogP contribution is -1.94. The van der Waals surface area contributed by atoms with Gasteiger partial charge in [0, 0.05) is 10.4 Å². The quantitative estimate of drug-likeness (QED) is 0.689. The monoisotopic (exact) mass is 300 g/mol. The maximum atomic E-state index is 10.8. The summed E-state index contributed by atoms with van der Waals surface area (Å²) in [4.78, 5) is 21.2. The van der Waals surface area contributed by atoms with Crippen LogP contribution in [-0.2, 0) is 0 Å². The molecule has 0 aliphatic carbocycles. The van der Waals surface area contributed by atoms with Gasteiger partial charge >= 0.3 is 0 Å². The highest BCUT2D eigenvalue weighted by atomic mass is 32.1. The van der Waals surface area contributed by atoms with E-state index in [2.05, 4.69) is 9.97 Å². The number of benzene rings is 1. The molecule has 0 N–H and O–H groups in total. The molecule has 0 aliphatic heterocycles. The number of ether oxygens (including phenoxy) is 2. The number of carbonyl (C=O) groups is 1. The molecule has 21 heavy (non-hydrogen) atoms. The Bertz CT molecular complexity index is 814. The van der Waals surface area contributed by atoms with Crippen molar-refractivity contribution in [3.63, 3.8) is 0 Å². The fourth-order valence-corrected chi connectivity index (χ4v) is 2.82. The molecular weight excluding hydrogens is 288 g/mol. The zero-order chi connectivity index (χ0) is 14.8. The maximum Gasteiger partial charge on any atom is 0.231 e. The molecule has 5 nitrogen and oxygen atoms in total. The number of hydrogen-bond donors (Lipinski definition) is 0. The van der Waals surface area contributed by atoms with Crippen LogP contribution in [0.3, 0.4) is 0 Å². The van der Waals surface area contributed by atoms with Gasteiger partial charge in [-0.1, -0.05) is 0 Å². The molecule has 2 heterocycles. The standard InChI is InChI=1S/C15H12N2O3S/c1-9-5-11-14(16-8-17-15(11)21-9)20-12-4-3-10(7-18)6-13(12)19-2/h3-8H,1-2H3.